The van der Waals surface area contributed by atoms with Crippen molar-refractivity contribution in [2.45, 2.75) is 25.3 Å². The summed E-state index contributed by atoms with van der Waals surface area (Å²) in [7, 11) is 1.57. The fourth-order valence-corrected chi connectivity index (χ4v) is 2.26. The molecule has 0 amide bonds. The van der Waals surface area contributed by atoms with Gasteiger partial charge >= 0.3 is 0 Å². The topological polar surface area (TPSA) is 55.5 Å². The van der Waals surface area contributed by atoms with E-state index in [1.54, 1.807) is 19.2 Å². The van der Waals surface area contributed by atoms with Crippen molar-refractivity contribution in [1.29, 1.82) is 0 Å². The van der Waals surface area contributed by atoms with E-state index in [-0.39, 0.29) is 24.2 Å². The number of halogens is 2. The quantitative estimate of drug-likeness (QED) is 0.892. The van der Waals surface area contributed by atoms with Gasteiger partial charge in [0.15, 0.2) is 0 Å². The zero-order valence-electron chi connectivity index (χ0n) is 9.65. The highest BCUT2D eigenvalue weighted by Crippen LogP contribution is 2.44. The number of phenolic OH excluding ortho intramolecular Hbond substituents is 1. The van der Waals surface area contributed by atoms with E-state index in [1.807, 2.05) is 0 Å². The van der Waals surface area contributed by atoms with Crippen molar-refractivity contribution in [1.82, 2.24) is 0 Å². The van der Waals surface area contributed by atoms with Gasteiger partial charge in [-0.15, -0.1) is 12.4 Å². The van der Waals surface area contributed by atoms with Gasteiger partial charge < -0.3 is 15.6 Å². The number of nitrogens with two attached hydrogens (primary N) is 1. The van der Waals surface area contributed by atoms with Gasteiger partial charge in [0.25, 0.3) is 0 Å². The number of benzene rings is 1. The number of aromatic hydroxyl groups is 1. The van der Waals surface area contributed by atoms with Gasteiger partial charge in [-0.05, 0) is 30.9 Å². The molecule has 1 aliphatic rings. The van der Waals surface area contributed by atoms with Crippen LogP contribution in [0.1, 0.15) is 30.9 Å². The summed E-state index contributed by atoms with van der Waals surface area (Å²) in [6.45, 7) is 0. The average Bonchev–Trinajstić information content (AvgIpc) is 2.19. The lowest BCUT2D eigenvalue weighted by molar-refractivity contribution is 0.255. The van der Waals surface area contributed by atoms with Crippen molar-refractivity contribution < 1.29 is 9.84 Å². The molecule has 17 heavy (non-hydrogen) atoms. The third kappa shape index (κ3) is 2.62. The first kappa shape index (κ1) is 14.4. The maximum Gasteiger partial charge on any atom is 0.142 e. The van der Waals surface area contributed by atoms with E-state index in [0.29, 0.717) is 22.3 Å². The zero-order valence-corrected chi connectivity index (χ0v) is 11.2. The molecule has 0 spiro atoms. The van der Waals surface area contributed by atoms with Crippen LogP contribution in [-0.4, -0.2) is 12.2 Å². The number of phenols is 1. The summed E-state index contributed by atoms with van der Waals surface area (Å²) in [5.74, 6) is 1.10. The average molecular weight is 278 g/mol. The van der Waals surface area contributed by atoms with Crippen molar-refractivity contribution in [3.63, 3.8) is 0 Å². The zero-order chi connectivity index (χ0) is 11.7. The van der Waals surface area contributed by atoms with Crippen LogP contribution in [0.5, 0.6) is 11.5 Å². The van der Waals surface area contributed by atoms with Gasteiger partial charge in [0.2, 0.25) is 0 Å². The van der Waals surface area contributed by atoms with Crippen molar-refractivity contribution in [3.05, 3.63) is 22.7 Å². The molecule has 1 aromatic rings. The molecule has 1 fully saturated rings. The van der Waals surface area contributed by atoms with E-state index in [2.05, 4.69) is 0 Å². The van der Waals surface area contributed by atoms with Crippen LogP contribution in [0.15, 0.2) is 12.1 Å². The summed E-state index contributed by atoms with van der Waals surface area (Å²) in [4.78, 5) is 0. The summed E-state index contributed by atoms with van der Waals surface area (Å²) in [5, 5.41) is 10.3. The monoisotopic (exact) mass is 277 g/mol. The normalized spacial score (nSPS) is 16.9. The lowest BCUT2D eigenvalue weighted by Gasteiger charge is -2.32. The summed E-state index contributed by atoms with van der Waals surface area (Å²) >= 11 is 5.89. The van der Waals surface area contributed by atoms with E-state index in [0.717, 1.165) is 12.8 Å². The number of methoxy groups -OCH3 is 1. The van der Waals surface area contributed by atoms with Gasteiger partial charge in [-0.1, -0.05) is 18.0 Å². The molecule has 0 bridgehead atoms. The number of ether oxygens (including phenoxy) is 1. The predicted molar refractivity (Wildman–Crippen MR) is 71.2 cm³/mol. The standard InChI is InChI=1S/C12H16ClNO2.ClH/c1-16-9-6-5-8(13)12(15)10(9)11(14)7-3-2-4-7;/h5-7,11,15H,2-4,14H2,1H3;1H/t11-;/m0./s1. The van der Waals surface area contributed by atoms with Gasteiger partial charge in [0, 0.05) is 6.04 Å². The maximum absolute atomic E-state index is 9.96. The molecule has 3 nitrogen and oxygen atoms in total. The second-order valence-electron chi connectivity index (χ2n) is 4.23. The fraction of sp³-hybridized carbons (Fsp3) is 0.500. The van der Waals surface area contributed by atoms with E-state index in [4.69, 9.17) is 22.1 Å². The molecule has 96 valence electrons. The highest BCUT2D eigenvalue weighted by molar-refractivity contribution is 6.32. The van der Waals surface area contributed by atoms with E-state index in [1.165, 1.54) is 6.42 Å². The summed E-state index contributed by atoms with van der Waals surface area (Å²) in [5.41, 5.74) is 6.79. The van der Waals surface area contributed by atoms with Gasteiger partial charge in [-0.2, -0.15) is 0 Å². The third-order valence-electron chi connectivity index (χ3n) is 3.34. The molecule has 1 aliphatic carbocycles. The molecule has 0 aliphatic heterocycles. The Balaban J connectivity index is 0.00000144. The lowest BCUT2D eigenvalue weighted by Crippen LogP contribution is -2.27. The van der Waals surface area contributed by atoms with Crippen LogP contribution < -0.4 is 10.5 Å². The Hall–Kier alpha value is -0.640. The minimum absolute atomic E-state index is 0. The van der Waals surface area contributed by atoms with Gasteiger partial charge in [0.05, 0.1) is 17.7 Å². The Morgan fingerprint density at radius 1 is 1.47 bits per heavy atom. The molecule has 3 N–H and O–H groups in total. The smallest absolute Gasteiger partial charge is 0.142 e. The van der Waals surface area contributed by atoms with E-state index >= 15 is 0 Å². The first-order chi connectivity index (χ1) is 7.65. The van der Waals surface area contributed by atoms with Crippen LogP contribution in [0, 0.1) is 5.92 Å². The maximum atomic E-state index is 9.96. The van der Waals surface area contributed by atoms with Gasteiger partial charge in [-0.3, -0.25) is 0 Å². The molecule has 1 atom stereocenters. The molecular weight excluding hydrogens is 261 g/mol. The Morgan fingerprint density at radius 2 is 2.12 bits per heavy atom. The summed E-state index contributed by atoms with van der Waals surface area (Å²) in [6, 6.07) is 3.17. The molecule has 0 radical (unpaired) electrons. The van der Waals surface area contributed by atoms with Crippen molar-refractivity contribution >= 4 is 24.0 Å². The Labute approximate surface area is 112 Å². The molecule has 1 saturated carbocycles. The first-order valence-electron chi connectivity index (χ1n) is 5.46. The summed E-state index contributed by atoms with van der Waals surface area (Å²) < 4.78 is 5.22. The number of rotatable bonds is 3. The highest BCUT2D eigenvalue weighted by atomic mass is 35.5. The van der Waals surface area contributed by atoms with Crippen molar-refractivity contribution in [2.75, 3.05) is 7.11 Å². The highest BCUT2D eigenvalue weighted by Gasteiger charge is 2.30. The SMILES string of the molecule is COc1ccc(Cl)c(O)c1[C@@H](N)C1CCC1.Cl. The van der Waals surface area contributed by atoms with Crippen LogP contribution in [0.25, 0.3) is 0 Å². The second kappa shape index (κ2) is 5.80. The molecule has 5 heteroatoms. The van der Waals surface area contributed by atoms with Crippen LogP contribution in [-0.2, 0) is 0 Å². The van der Waals surface area contributed by atoms with Crippen LogP contribution in [0.4, 0.5) is 0 Å². The minimum atomic E-state index is -0.192. The minimum Gasteiger partial charge on any atom is -0.506 e. The van der Waals surface area contributed by atoms with Gasteiger partial charge in [-0.25, -0.2) is 0 Å². The molecule has 0 unspecified atom stereocenters. The lowest BCUT2D eigenvalue weighted by atomic mass is 9.77. The molecule has 0 aromatic heterocycles. The second-order valence-corrected chi connectivity index (χ2v) is 4.64. The predicted octanol–water partition coefficient (Wildman–Crippen LogP) is 3.28. The Kier molecular flexibility index (Phi) is 4.92. The number of hydrogen-bond acceptors (Lipinski definition) is 3. The fourth-order valence-electron chi connectivity index (χ4n) is 2.10. The summed E-state index contributed by atoms with van der Waals surface area (Å²) in [6.07, 6.45) is 3.43. The molecular formula is C12H17Cl2NO2. The molecule has 2 rings (SSSR count). The molecule has 1 aromatic carbocycles. The number of hydrogen-bond donors (Lipinski definition) is 2. The largest absolute Gasteiger partial charge is 0.506 e. The van der Waals surface area contributed by atoms with Gasteiger partial charge in [0.1, 0.15) is 11.5 Å². The molecule has 0 saturated heterocycles. The van der Waals surface area contributed by atoms with Crippen LogP contribution in [0.2, 0.25) is 5.02 Å². The Morgan fingerprint density at radius 3 is 2.59 bits per heavy atom. The first-order valence-corrected chi connectivity index (χ1v) is 5.84. The van der Waals surface area contributed by atoms with Crippen molar-refractivity contribution in [2.24, 2.45) is 11.7 Å². The Bertz CT molecular complexity index is 394. The third-order valence-corrected chi connectivity index (χ3v) is 3.64. The van der Waals surface area contributed by atoms with E-state index in [9.17, 15) is 5.11 Å². The van der Waals surface area contributed by atoms with E-state index < -0.39 is 0 Å². The van der Waals surface area contributed by atoms with Crippen molar-refractivity contribution in [3.8, 4) is 11.5 Å². The molecule has 0 heterocycles. The van der Waals surface area contributed by atoms with Crippen LogP contribution in [0.3, 0.4) is 0 Å². The van der Waals surface area contributed by atoms with Crippen LogP contribution >= 0.6 is 24.0 Å².